The molecule has 0 bridgehead atoms. The van der Waals surface area contributed by atoms with Crippen molar-refractivity contribution in [2.45, 2.75) is 13.0 Å². The van der Waals surface area contributed by atoms with Gasteiger partial charge in [0.15, 0.2) is 5.13 Å². The number of aliphatic carboxylic acids is 1. The van der Waals surface area contributed by atoms with Crippen molar-refractivity contribution in [3.63, 3.8) is 0 Å². The number of rotatable bonds is 5. The molecule has 104 valence electrons. The number of carboxylic acid groups (broad SMARTS) is 1. The molecule has 0 unspecified atom stereocenters. The number of carbonyl (C=O) groups is 2. The molecule has 0 fully saturated rings. The molecule has 0 saturated heterocycles. The van der Waals surface area contributed by atoms with E-state index in [-0.39, 0.29) is 13.0 Å². The fourth-order valence-corrected chi connectivity index (χ4v) is 2.15. The third-order valence-corrected chi connectivity index (χ3v) is 3.03. The average Bonchev–Trinajstić information content (AvgIpc) is 2.78. The number of aromatic nitrogens is 3. The van der Waals surface area contributed by atoms with E-state index in [0.29, 0.717) is 10.8 Å². The van der Waals surface area contributed by atoms with Crippen LogP contribution in [0.5, 0.6) is 0 Å². The van der Waals surface area contributed by atoms with Gasteiger partial charge in [0.2, 0.25) is 5.91 Å². The van der Waals surface area contributed by atoms with Crippen LogP contribution in [0.2, 0.25) is 0 Å². The SMILES string of the molecule is O=C(O)Cc1csc(NC(=O)Cn2cccnc2=O)n1. The molecule has 0 aliphatic heterocycles. The van der Waals surface area contributed by atoms with Gasteiger partial charge < -0.3 is 10.4 Å². The maximum absolute atomic E-state index is 11.7. The van der Waals surface area contributed by atoms with Gasteiger partial charge in [-0.05, 0) is 6.07 Å². The van der Waals surface area contributed by atoms with E-state index in [0.717, 1.165) is 15.9 Å². The summed E-state index contributed by atoms with van der Waals surface area (Å²) in [5, 5.41) is 13.0. The topological polar surface area (TPSA) is 114 Å². The van der Waals surface area contributed by atoms with Gasteiger partial charge in [-0.25, -0.2) is 14.8 Å². The molecule has 2 aromatic heterocycles. The van der Waals surface area contributed by atoms with Crippen LogP contribution in [0.1, 0.15) is 5.69 Å². The van der Waals surface area contributed by atoms with Crippen molar-refractivity contribution in [2.75, 3.05) is 5.32 Å². The number of hydrogen-bond acceptors (Lipinski definition) is 6. The van der Waals surface area contributed by atoms with Crippen LogP contribution in [0.3, 0.4) is 0 Å². The molecule has 2 aromatic rings. The highest BCUT2D eigenvalue weighted by Gasteiger charge is 2.10. The molecule has 0 atom stereocenters. The standard InChI is InChI=1S/C11H10N4O4S/c16-8(5-15-3-1-2-12-11(15)19)14-10-13-7(6-20-10)4-9(17)18/h1-3,6H,4-5H2,(H,17,18)(H,13,14,16). The first kappa shape index (κ1) is 13.9. The average molecular weight is 294 g/mol. The Bertz CT molecular complexity index is 693. The molecule has 0 saturated carbocycles. The molecule has 20 heavy (non-hydrogen) atoms. The van der Waals surface area contributed by atoms with Gasteiger partial charge in [-0.15, -0.1) is 11.3 Å². The molecule has 0 spiro atoms. The van der Waals surface area contributed by atoms with Gasteiger partial charge in [-0.2, -0.15) is 0 Å². The number of nitrogens with zero attached hydrogens (tertiary/aromatic N) is 3. The van der Waals surface area contributed by atoms with Gasteiger partial charge >= 0.3 is 11.7 Å². The molecule has 2 heterocycles. The lowest BCUT2D eigenvalue weighted by Gasteiger charge is -2.03. The van der Waals surface area contributed by atoms with Crippen LogP contribution < -0.4 is 11.0 Å². The monoisotopic (exact) mass is 294 g/mol. The summed E-state index contributed by atoms with van der Waals surface area (Å²) in [6.07, 6.45) is 2.59. The molecule has 0 aliphatic rings. The first-order chi connectivity index (χ1) is 9.54. The maximum Gasteiger partial charge on any atom is 0.347 e. The van der Waals surface area contributed by atoms with Crippen molar-refractivity contribution >= 4 is 28.3 Å². The normalized spacial score (nSPS) is 10.2. The summed E-state index contributed by atoms with van der Waals surface area (Å²) in [7, 11) is 0. The largest absolute Gasteiger partial charge is 0.481 e. The van der Waals surface area contributed by atoms with E-state index < -0.39 is 17.6 Å². The third kappa shape index (κ3) is 3.72. The Hall–Kier alpha value is -2.55. The molecule has 0 aromatic carbocycles. The molecule has 9 heteroatoms. The molecule has 0 radical (unpaired) electrons. The van der Waals surface area contributed by atoms with Crippen molar-refractivity contribution < 1.29 is 14.7 Å². The van der Waals surface area contributed by atoms with E-state index in [1.54, 1.807) is 11.4 Å². The van der Waals surface area contributed by atoms with E-state index in [1.165, 1.54) is 12.4 Å². The highest BCUT2D eigenvalue weighted by Crippen LogP contribution is 2.15. The van der Waals surface area contributed by atoms with Gasteiger partial charge in [0.1, 0.15) is 6.54 Å². The lowest BCUT2D eigenvalue weighted by molar-refractivity contribution is -0.136. The van der Waals surface area contributed by atoms with Crippen molar-refractivity contribution in [3.05, 3.63) is 40.0 Å². The second-order valence-corrected chi connectivity index (χ2v) is 4.65. The van der Waals surface area contributed by atoms with Crippen molar-refractivity contribution in [1.82, 2.24) is 14.5 Å². The summed E-state index contributed by atoms with van der Waals surface area (Å²) in [4.78, 5) is 41.0. The molecule has 0 aliphatic carbocycles. The van der Waals surface area contributed by atoms with Crippen LogP contribution in [0.4, 0.5) is 5.13 Å². The van der Waals surface area contributed by atoms with E-state index in [2.05, 4.69) is 15.3 Å². The summed E-state index contributed by atoms with van der Waals surface area (Å²) in [6.45, 7) is -0.180. The molecule has 2 rings (SSSR count). The zero-order chi connectivity index (χ0) is 14.5. The van der Waals surface area contributed by atoms with Gasteiger partial charge in [0, 0.05) is 17.8 Å². The predicted octanol–water partition coefficient (Wildman–Crippen LogP) is -0.0344. The third-order valence-electron chi connectivity index (χ3n) is 2.23. The van der Waals surface area contributed by atoms with Crippen molar-refractivity contribution in [2.24, 2.45) is 0 Å². The molecular weight excluding hydrogens is 284 g/mol. The first-order valence-electron chi connectivity index (χ1n) is 5.52. The van der Waals surface area contributed by atoms with E-state index in [4.69, 9.17) is 5.11 Å². The second kappa shape index (κ2) is 6.06. The smallest absolute Gasteiger partial charge is 0.347 e. The maximum atomic E-state index is 11.7. The number of hydrogen-bond donors (Lipinski definition) is 2. The van der Waals surface area contributed by atoms with Gasteiger partial charge in [-0.3, -0.25) is 14.2 Å². The van der Waals surface area contributed by atoms with E-state index in [1.807, 2.05) is 0 Å². The number of carbonyl (C=O) groups excluding carboxylic acids is 1. The number of thiazole rings is 1. The minimum absolute atomic E-state index is 0.180. The summed E-state index contributed by atoms with van der Waals surface area (Å²) in [6, 6.07) is 1.54. The van der Waals surface area contributed by atoms with Crippen LogP contribution >= 0.6 is 11.3 Å². The van der Waals surface area contributed by atoms with Crippen LogP contribution in [-0.2, 0) is 22.6 Å². The van der Waals surface area contributed by atoms with Crippen LogP contribution in [0.25, 0.3) is 0 Å². The van der Waals surface area contributed by atoms with Crippen LogP contribution in [-0.4, -0.2) is 31.5 Å². The Labute approximate surface area is 116 Å². The number of anilines is 1. The zero-order valence-corrected chi connectivity index (χ0v) is 11.0. The lowest BCUT2D eigenvalue weighted by Crippen LogP contribution is -2.28. The Morgan fingerprint density at radius 2 is 2.25 bits per heavy atom. The van der Waals surface area contributed by atoms with E-state index in [9.17, 15) is 14.4 Å². The zero-order valence-electron chi connectivity index (χ0n) is 10.1. The summed E-state index contributed by atoms with van der Waals surface area (Å²) >= 11 is 1.13. The Balaban J connectivity index is 1.98. The predicted molar refractivity (Wildman–Crippen MR) is 70.6 cm³/mol. The van der Waals surface area contributed by atoms with Gasteiger partial charge in [0.25, 0.3) is 0 Å². The molecule has 2 N–H and O–H groups in total. The summed E-state index contributed by atoms with van der Waals surface area (Å²) in [5.74, 6) is -1.42. The molecule has 1 amide bonds. The highest BCUT2D eigenvalue weighted by atomic mass is 32.1. The Kier molecular flexibility index (Phi) is 4.20. The Morgan fingerprint density at radius 3 is 2.95 bits per heavy atom. The summed E-state index contributed by atoms with van der Waals surface area (Å²) < 4.78 is 1.15. The Morgan fingerprint density at radius 1 is 1.45 bits per heavy atom. The van der Waals surface area contributed by atoms with Gasteiger partial charge in [0.05, 0.1) is 12.1 Å². The van der Waals surface area contributed by atoms with E-state index >= 15 is 0 Å². The van der Waals surface area contributed by atoms with Crippen LogP contribution in [0, 0.1) is 0 Å². The fraction of sp³-hybridized carbons (Fsp3) is 0.182. The number of nitrogens with one attached hydrogen (secondary N) is 1. The lowest BCUT2D eigenvalue weighted by atomic mass is 10.3. The minimum atomic E-state index is -0.991. The molecular formula is C11H10N4O4S. The summed E-state index contributed by atoms with van der Waals surface area (Å²) in [5.41, 5.74) is -0.148. The number of amides is 1. The quantitative estimate of drug-likeness (QED) is 0.800. The minimum Gasteiger partial charge on any atom is -0.481 e. The number of carboxylic acids is 1. The second-order valence-electron chi connectivity index (χ2n) is 3.79. The molecule has 8 nitrogen and oxygen atoms in total. The van der Waals surface area contributed by atoms with Gasteiger partial charge in [-0.1, -0.05) is 0 Å². The fourth-order valence-electron chi connectivity index (χ4n) is 1.42. The highest BCUT2D eigenvalue weighted by molar-refractivity contribution is 7.13. The van der Waals surface area contributed by atoms with Crippen molar-refractivity contribution in [1.29, 1.82) is 0 Å². The van der Waals surface area contributed by atoms with Crippen molar-refractivity contribution in [3.8, 4) is 0 Å². The first-order valence-corrected chi connectivity index (χ1v) is 6.40. The van der Waals surface area contributed by atoms with Crippen LogP contribution in [0.15, 0.2) is 28.6 Å².